The summed E-state index contributed by atoms with van der Waals surface area (Å²) in [6.45, 7) is 0. The molecule has 0 bridgehead atoms. The van der Waals surface area contributed by atoms with Crippen LogP contribution < -0.4 is 0 Å². The van der Waals surface area contributed by atoms with Crippen molar-refractivity contribution in [3.63, 3.8) is 0 Å². The highest BCUT2D eigenvalue weighted by atomic mass is 16.2. The standard InChI is InChI=1S/C12H13N3O/c1-14(2)12(16)15-8-11(13-9-15)10-6-4-3-5-7-10/h3-9H,1-2H3. The third kappa shape index (κ3) is 1.95. The van der Waals surface area contributed by atoms with Crippen molar-refractivity contribution in [3.05, 3.63) is 42.9 Å². The lowest BCUT2D eigenvalue weighted by Crippen LogP contribution is -2.26. The fourth-order valence-electron chi connectivity index (χ4n) is 1.42. The first kappa shape index (κ1) is 10.4. The van der Waals surface area contributed by atoms with Crippen LogP contribution in [-0.4, -0.2) is 34.6 Å². The van der Waals surface area contributed by atoms with Crippen molar-refractivity contribution in [2.45, 2.75) is 0 Å². The van der Waals surface area contributed by atoms with E-state index in [1.54, 1.807) is 20.3 Å². The maximum atomic E-state index is 11.6. The molecule has 1 aromatic heterocycles. The molecule has 0 aliphatic rings. The average Bonchev–Trinajstić information content (AvgIpc) is 2.78. The van der Waals surface area contributed by atoms with Gasteiger partial charge >= 0.3 is 6.03 Å². The summed E-state index contributed by atoms with van der Waals surface area (Å²) in [6.07, 6.45) is 3.27. The van der Waals surface area contributed by atoms with Crippen LogP contribution in [0.15, 0.2) is 42.9 Å². The van der Waals surface area contributed by atoms with E-state index >= 15 is 0 Å². The van der Waals surface area contributed by atoms with Crippen LogP contribution in [0.25, 0.3) is 11.3 Å². The summed E-state index contributed by atoms with van der Waals surface area (Å²) in [6, 6.07) is 9.67. The second-order valence-electron chi connectivity index (χ2n) is 3.71. The number of nitrogens with zero attached hydrogens (tertiary/aromatic N) is 3. The molecule has 2 rings (SSSR count). The van der Waals surface area contributed by atoms with Crippen molar-refractivity contribution < 1.29 is 4.79 Å². The minimum absolute atomic E-state index is 0.102. The largest absolute Gasteiger partial charge is 0.330 e. The van der Waals surface area contributed by atoms with E-state index in [1.165, 1.54) is 15.8 Å². The molecule has 2 aromatic rings. The Balaban J connectivity index is 2.30. The molecule has 0 unspecified atom stereocenters. The SMILES string of the molecule is CN(C)C(=O)n1cnc(-c2ccccc2)c1. The minimum atomic E-state index is -0.102. The van der Waals surface area contributed by atoms with Gasteiger partial charge in [0.15, 0.2) is 0 Å². The Labute approximate surface area is 94.1 Å². The number of rotatable bonds is 1. The second kappa shape index (κ2) is 4.18. The Bertz CT molecular complexity index is 488. The Morgan fingerprint density at radius 3 is 2.56 bits per heavy atom. The third-order valence-corrected chi connectivity index (χ3v) is 2.26. The van der Waals surface area contributed by atoms with Gasteiger partial charge < -0.3 is 4.90 Å². The molecular weight excluding hydrogens is 202 g/mol. The number of amides is 1. The summed E-state index contributed by atoms with van der Waals surface area (Å²) in [5, 5.41) is 0. The highest BCUT2D eigenvalue weighted by Crippen LogP contribution is 2.15. The zero-order valence-electron chi connectivity index (χ0n) is 9.29. The van der Waals surface area contributed by atoms with Crippen LogP contribution in [0.2, 0.25) is 0 Å². The van der Waals surface area contributed by atoms with Gasteiger partial charge in [-0.05, 0) is 0 Å². The third-order valence-electron chi connectivity index (χ3n) is 2.26. The molecule has 0 atom stereocenters. The first-order chi connectivity index (χ1) is 7.68. The van der Waals surface area contributed by atoms with E-state index in [9.17, 15) is 4.79 Å². The molecule has 16 heavy (non-hydrogen) atoms. The minimum Gasteiger partial charge on any atom is -0.330 e. The molecule has 1 aromatic carbocycles. The summed E-state index contributed by atoms with van der Waals surface area (Å²) < 4.78 is 1.47. The zero-order valence-corrected chi connectivity index (χ0v) is 9.29. The first-order valence-electron chi connectivity index (χ1n) is 4.99. The van der Waals surface area contributed by atoms with Crippen molar-refractivity contribution >= 4 is 6.03 Å². The summed E-state index contributed by atoms with van der Waals surface area (Å²) in [5.74, 6) is 0. The van der Waals surface area contributed by atoms with Gasteiger partial charge in [0, 0.05) is 25.9 Å². The molecule has 0 saturated carbocycles. The number of imidazole rings is 1. The smallest absolute Gasteiger partial charge is 0.328 e. The molecule has 1 heterocycles. The topological polar surface area (TPSA) is 38.1 Å². The van der Waals surface area contributed by atoms with E-state index in [1.807, 2.05) is 30.3 Å². The molecule has 4 nitrogen and oxygen atoms in total. The highest BCUT2D eigenvalue weighted by molar-refractivity contribution is 5.77. The Hall–Kier alpha value is -2.10. The van der Waals surface area contributed by atoms with Gasteiger partial charge in [-0.25, -0.2) is 9.78 Å². The summed E-state index contributed by atoms with van der Waals surface area (Å²) in [4.78, 5) is 17.4. The Kier molecular flexibility index (Phi) is 2.72. The molecule has 0 spiro atoms. The zero-order chi connectivity index (χ0) is 11.5. The summed E-state index contributed by atoms with van der Waals surface area (Å²) >= 11 is 0. The van der Waals surface area contributed by atoms with E-state index < -0.39 is 0 Å². The first-order valence-corrected chi connectivity index (χ1v) is 4.99. The molecule has 4 heteroatoms. The van der Waals surface area contributed by atoms with Gasteiger partial charge in [0.2, 0.25) is 0 Å². The van der Waals surface area contributed by atoms with Crippen molar-refractivity contribution in [3.8, 4) is 11.3 Å². The van der Waals surface area contributed by atoms with Gasteiger partial charge in [0.05, 0.1) is 5.69 Å². The number of benzene rings is 1. The number of carbonyl (C=O) groups excluding carboxylic acids is 1. The van der Waals surface area contributed by atoms with Crippen LogP contribution in [0.1, 0.15) is 0 Å². The van der Waals surface area contributed by atoms with E-state index in [0.29, 0.717) is 0 Å². The molecule has 1 amide bonds. The average molecular weight is 215 g/mol. The normalized spacial score (nSPS) is 10.1. The van der Waals surface area contributed by atoms with Crippen molar-refractivity contribution in [2.24, 2.45) is 0 Å². The Morgan fingerprint density at radius 1 is 1.25 bits per heavy atom. The van der Waals surface area contributed by atoms with Gasteiger partial charge in [-0.1, -0.05) is 30.3 Å². The lowest BCUT2D eigenvalue weighted by molar-refractivity contribution is 0.219. The fourth-order valence-corrected chi connectivity index (χ4v) is 1.42. The van der Waals surface area contributed by atoms with E-state index in [-0.39, 0.29) is 6.03 Å². The number of hydrogen-bond donors (Lipinski definition) is 0. The second-order valence-corrected chi connectivity index (χ2v) is 3.71. The molecule has 0 radical (unpaired) electrons. The van der Waals surface area contributed by atoms with Crippen LogP contribution >= 0.6 is 0 Å². The molecule has 0 fully saturated rings. The maximum absolute atomic E-state index is 11.6. The van der Waals surface area contributed by atoms with Gasteiger partial charge in [0.1, 0.15) is 6.33 Å². The number of carbonyl (C=O) groups is 1. The molecule has 0 aliphatic heterocycles. The lowest BCUT2D eigenvalue weighted by atomic mass is 10.2. The quantitative estimate of drug-likeness (QED) is 0.730. The molecule has 82 valence electrons. The van der Waals surface area contributed by atoms with Crippen molar-refractivity contribution in [2.75, 3.05) is 14.1 Å². The number of hydrogen-bond acceptors (Lipinski definition) is 2. The van der Waals surface area contributed by atoms with Crippen LogP contribution in [0.5, 0.6) is 0 Å². The molecule has 0 aliphatic carbocycles. The van der Waals surface area contributed by atoms with Gasteiger partial charge in [-0.15, -0.1) is 0 Å². The van der Waals surface area contributed by atoms with Crippen LogP contribution in [0, 0.1) is 0 Å². The van der Waals surface area contributed by atoms with Gasteiger partial charge in [-0.2, -0.15) is 0 Å². The van der Waals surface area contributed by atoms with Crippen molar-refractivity contribution in [1.29, 1.82) is 0 Å². The number of aromatic nitrogens is 2. The summed E-state index contributed by atoms with van der Waals surface area (Å²) in [5.41, 5.74) is 1.81. The van der Waals surface area contributed by atoms with E-state index in [0.717, 1.165) is 11.3 Å². The van der Waals surface area contributed by atoms with Crippen LogP contribution in [-0.2, 0) is 0 Å². The highest BCUT2D eigenvalue weighted by Gasteiger charge is 2.08. The summed E-state index contributed by atoms with van der Waals surface area (Å²) in [7, 11) is 3.43. The monoisotopic (exact) mass is 215 g/mol. The van der Waals surface area contributed by atoms with Crippen molar-refractivity contribution in [1.82, 2.24) is 14.5 Å². The van der Waals surface area contributed by atoms with E-state index in [4.69, 9.17) is 0 Å². The fraction of sp³-hybridized carbons (Fsp3) is 0.167. The van der Waals surface area contributed by atoms with Crippen LogP contribution in [0.3, 0.4) is 0 Å². The van der Waals surface area contributed by atoms with E-state index in [2.05, 4.69) is 4.98 Å². The molecule has 0 N–H and O–H groups in total. The Morgan fingerprint density at radius 2 is 1.94 bits per heavy atom. The molecular formula is C12H13N3O. The van der Waals surface area contributed by atoms with Crippen LogP contribution in [0.4, 0.5) is 4.79 Å². The maximum Gasteiger partial charge on any atom is 0.328 e. The lowest BCUT2D eigenvalue weighted by Gasteiger charge is -2.09. The molecule has 0 saturated heterocycles. The van der Waals surface area contributed by atoms with Gasteiger partial charge in [0.25, 0.3) is 0 Å². The predicted octanol–water partition coefficient (Wildman–Crippen LogP) is 2.08. The predicted molar refractivity (Wildman–Crippen MR) is 62.1 cm³/mol. The van der Waals surface area contributed by atoms with Gasteiger partial charge in [-0.3, -0.25) is 4.57 Å².